The van der Waals surface area contributed by atoms with Gasteiger partial charge in [-0.2, -0.15) is 0 Å². The first-order valence-corrected chi connectivity index (χ1v) is 6.60. The van der Waals surface area contributed by atoms with Crippen molar-refractivity contribution >= 4 is 17.6 Å². The molecule has 2 rings (SSSR count). The van der Waals surface area contributed by atoms with Crippen molar-refractivity contribution < 1.29 is 24.0 Å². The molecule has 7 nitrogen and oxygen atoms in total. The van der Waals surface area contributed by atoms with Gasteiger partial charge in [0.1, 0.15) is 12.2 Å². The molecule has 0 aliphatic heterocycles. The summed E-state index contributed by atoms with van der Waals surface area (Å²) in [5.74, 6) is -0.979. The molecule has 1 aliphatic carbocycles. The molecule has 2 atom stereocenters. The molecule has 0 bridgehead atoms. The molecule has 0 saturated heterocycles. The van der Waals surface area contributed by atoms with Crippen molar-refractivity contribution in [2.75, 3.05) is 0 Å². The summed E-state index contributed by atoms with van der Waals surface area (Å²) in [6.07, 6.45) is 1.24. The van der Waals surface area contributed by atoms with E-state index < -0.39 is 29.1 Å². The molecule has 0 N–H and O–H groups in total. The molecule has 1 saturated carbocycles. The predicted octanol–water partition coefficient (Wildman–Crippen LogP) is 2.24. The summed E-state index contributed by atoms with van der Waals surface area (Å²) in [7, 11) is 0. The maximum atomic E-state index is 12.0. The van der Waals surface area contributed by atoms with Crippen LogP contribution in [-0.4, -0.2) is 29.1 Å². The first-order valence-electron chi connectivity index (χ1n) is 6.60. The molecular weight excluding hydrogens is 278 g/mol. The van der Waals surface area contributed by atoms with Crippen molar-refractivity contribution in [3.05, 3.63) is 39.9 Å². The van der Waals surface area contributed by atoms with Crippen molar-refractivity contribution in [2.24, 2.45) is 0 Å². The predicted molar refractivity (Wildman–Crippen MR) is 71.7 cm³/mol. The molecule has 1 aromatic rings. The lowest BCUT2D eigenvalue weighted by molar-refractivity contribution is -0.384. The summed E-state index contributed by atoms with van der Waals surface area (Å²) in [6.45, 7) is 1.31. The maximum Gasteiger partial charge on any atom is 0.338 e. The number of carbonyl (C=O) groups excluding carboxylic acids is 2. The number of rotatable bonds is 4. The summed E-state index contributed by atoms with van der Waals surface area (Å²) in [6, 6.07) is 5.18. The van der Waals surface area contributed by atoms with Gasteiger partial charge in [-0.05, 0) is 31.4 Å². The average Bonchev–Trinajstić information content (AvgIpc) is 2.85. The first kappa shape index (κ1) is 15.0. The van der Waals surface area contributed by atoms with E-state index in [1.54, 1.807) is 0 Å². The number of esters is 2. The lowest BCUT2D eigenvalue weighted by atomic mass is 10.2. The van der Waals surface area contributed by atoms with Crippen LogP contribution in [0.25, 0.3) is 0 Å². The minimum absolute atomic E-state index is 0.0924. The highest BCUT2D eigenvalue weighted by atomic mass is 16.6. The molecule has 0 heterocycles. The number of ether oxygens (including phenoxy) is 2. The average molecular weight is 293 g/mol. The lowest BCUT2D eigenvalue weighted by Crippen LogP contribution is -2.30. The van der Waals surface area contributed by atoms with Gasteiger partial charge in [0.25, 0.3) is 5.69 Å². The Hall–Kier alpha value is -2.44. The van der Waals surface area contributed by atoms with Crippen LogP contribution >= 0.6 is 0 Å². The molecule has 1 fully saturated rings. The largest absolute Gasteiger partial charge is 0.459 e. The van der Waals surface area contributed by atoms with Crippen LogP contribution in [0.5, 0.6) is 0 Å². The summed E-state index contributed by atoms with van der Waals surface area (Å²) in [5.41, 5.74) is 0.138. The smallest absolute Gasteiger partial charge is 0.338 e. The van der Waals surface area contributed by atoms with E-state index in [-0.39, 0.29) is 11.3 Å². The Labute approximate surface area is 121 Å². The molecule has 21 heavy (non-hydrogen) atoms. The van der Waals surface area contributed by atoms with Crippen LogP contribution in [-0.2, 0) is 14.3 Å². The molecule has 0 aromatic heterocycles. The van der Waals surface area contributed by atoms with Gasteiger partial charge in [0.05, 0.1) is 10.5 Å². The van der Waals surface area contributed by atoms with Gasteiger partial charge in [-0.1, -0.05) is 0 Å². The third kappa shape index (κ3) is 3.77. The van der Waals surface area contributed by atoms with Crippen LogP contribution in [0.15, 0.2) is 24.3 Å². The summed E-state index contributed by atoms with van der Waals surface area (Å²) >= 11 is 0. The van der Waals surface area contributed by atoms with Gasteiger partial charge in [0, 0.05) is 19.1 Å². The van der Waals surface area contributed by atoms with E-state index in [0.29, 0.717) is 12.8 Å². The Morgan fingerprint density at radius 3 is 2.24 bits per heavy atom. The van der Waals surface area contributed by atoms with Crippen LogP contribution < -0.4 is 0 Å². The number of nitrogens with zero attached hydrogens (tertiary/aromatic N) is 1. The highest BCUT2D eigenvalue weighted by molar-refractivity contribution is 5.89. The van der Waals surface area contributed by atoms with E-state index in [2.05, 4.69) is 0 Å². The van der Waals surface area contributed by atoms with Crippen molar-refractivity contribution in [3.63, 3.8) is 0 Å². The summed E-state index contributed by atoms with van der Waals surface area (Å²) in [4.78, 5) is 33.0. The molecule has 0 unspecified atom stereocenters. The molecule has 7 heteroatoms. The summed E-state index contributed by atoms with van der Waals surface area (Å²) in [5, 5.41) is 10.5. The number of hydrogen-bond donors (Lipinski definition) is 0. The number of non-ortho nitro benzene ring substituents is 1. The molecule has 0 amide bonds. The van der Waals surface area contributed by atoms with Gasteiger partial charge in [0.2, 0.25) is 0 Å². The van der Waals surface area contributed by atoms with Gasteiger partial charge in [-0.25, -0.2) is 4.79 Å². The normalized spacial score (nSPS) is 20.8. The highest BCUT2D eigenvalue weighted by Gasteiger charge is 2.33. The zero-order valence-electron chi connectivity index (χ0n) is 11.5. The fourth-order valence-electron chi connectivity index (χ4n) is 2.30. The Morgan fingerprint density at radius 1 is 1.14 bits per heavy atom. The molecule has 1 aliphatic rings. The second-order valence-corrected chi connectivity index (χ2v) is 4.83. The minimum atomic E-state index is -0.575. The second kappa shape index (κ2) is 6.34. The second-order valence-electron chi connectivity index (χ2n) is 4.83. The van der Waals surface area contributed by atoms with E-state index in [4.69, 9.17) is 9.47 Å². The number of carbonyl (C=O) groups is 2. The van der Waals surface area contributed by atoms with Crippen LogP contribution in [0.2, 0.25) is 0 Å². The van der Waals surface area contributed by atoms with Crippen molar-refractivity contribution in [1.82, 2.24) is 0 Å². The number of benzene rings is 1. The quantitative estimate of drug-likeness (QED) is 0.480. The lowest BCUT2D eigenvalue weighted by Gasteiger charge is -2.19. The molecular formula is C14H15NO6. The van der Waals surface area contributed by atoms with Crippen LogP contribution in [0, 0.1) is 10.1 Å². The Kier molecular flexibility index (Phi) is 4.52. The van der Waals surface area contributed by atoms with Crippen molar-refractivity contribution in [2.45, 2.75) is 38.4 Å². The zero-order chi connectivity index (χ0) is 15.4. The highest BCUT2D eigenvalue weighted by Crippen LogP contribution is 2.26. The third-order valence-electron chi connectivity index (χ3n) is 3.28. The fraction of sp³-hybridized carbons (Fsp3) is 0.429. The SMILES string of the molecule is CC(=O)O[C@@H]1CCC[C@@H]1OC(=O)c1ccc([N+](=O)[O-])cc1. The van der Waals surface area contributed by atoms with Gasteiger partial charge in [-0.3, -0.25) is 14.9 Å². The van der Waals surface area contributed by atoms with Crippen molar-refractivity contribution in [1.29, 1.82) is 0 Å². The van der Waals surface area contributed by atoms with Crippen LogP contribution in [0.1, 0.15) is 36.5 Å². The molecule has 112 valence electrons. The van der Waals surface area contributed by atoms with Gasteiger partial charge in [0.15, 0.2) is 0 Å². The Bertz CT molecular complexity index is 553. The fourth-order valence-corrected chi connectivity index (χ4v) is 2.30. The zero-order valence-corrected chi connectivity index (χ0v) is 11.5. The number of nitro benzene ring substituents is 1. The minimum Gasteiger partial charge on any atom is -0.459 e. The van der Waals surface area contributed by atoms with E-state index in [0.717, 1.165) is 6.42 Å². The molecule has 1 aromatic carbocycles. The Morgan fingerprint density at radius 2 is 1.71 bits per heavy atom. The summed E-state index contributed by atoms with van der Waals surface area (Å²) < 4.78 is 10.4. The van der Waals surface area contributed by atoms with Gasteiger partial charge < -0.3 is 9.47 Å². The third-order valence-corrected chi connectivity index (χ3v) is 3.28. The first-order chi connectivity index (χ1) is 9.97. The van der Waals surface area contributed by atoms with E-state index in [1.807, 2.05) is 0 Å². The topological polar surface area (TPSA) is 95.7 Å². The maximum absolute atomic E-state index is 12.0. The van der Waals surface area contributed by atoms with Gasteiger partial charge in [-0.15, -0.1) is 0 Å². The Balaban J connectivity index is 2.00. The van der Waals surface area contributed by atoms with E-state index in [9.17, 15) is 19.7 Å². The molecule has 0 radical (unpaired) electrons. The van der Waals surface area contributed by atoms with E-state index in [1.165, 1.54) is 31.2 Å². The van der Waals surface area contributed by atoms with Crippen LogP contribution in [0.4, 0.5) is 5.69 Å². The standard InChI is InChI=1S/C14H15NO6/c1-9(16)20-12-3-2-4-13(12)21-14(17)10-5-7-11(8-6-10)15(18)19/h5-8,12-13H,2-4H2,1H3/t12-,13+/m1/s1. The van der Waals surface area contributed by atoms with Gasteiger partial charge >= 0.3 is 11.9 Å². The van der Waals surface area contributed by atoms with Crippen molar-refractivity contribution in [3.8, 4) is 0 Å². The number of hydrogen-bond acceptors (Lipinski definition) is 6. The van der Waals surface area contributed by atoms with Crippen LogP contribution in [0.3, 0.4) is 0 Å². The monoisotopic (exact) mass is 293 g/mol. The number of nitro groups is 1. The van der Waals surface area contributed by atoms with E-state index >= 15 is 0 Å². The molecule has 0 spiro atoms.